The van der Waals surface area contributed by atoms with Gasteiger partial charge in [-0.15, -0.1) is 0 Å². The van der Waals surface area contributed by atoms with Gasteiger partial charge in [-0.3, -0.25) is 0 Å². The minimum atomic E-state index is -0.819. The van der Waals surface area contributed by atoms with Crippen LogP contribution in [0.2, 0.25) is 0 Å². The maximum absolute atomic E-state index is 10.7. The predicted octanol–water partition coefficient (Wildman–Crippen LogP) is 0.895. The third-order valence-electron chi connectivity index (χ3n) is 2.44. The van der Waals surface area contributed by atoms with E-state index in [4.69, 9.17) is 5.11 Å². The standard InChI is InChI=1S/C9H11NO2/c11-9(12)7-3-1-2-6-4-5-10-8(6)7/h1,3,6,10H,2,4-5H2,(H,11,12). The van der Waals surface area contributed by atoms with Gasteiger partial charge in [0.2, 0.25) is 0 Å². The zero-order valence-corrected chi connectivity index (χ0v) is 6.71. The molecule has 0 aromatic heterocycles. The van der Waals surface area contributed by atoms with E-state index in [0.29, 0.717) is 11.5 Å². The van der Waals surface area contributed by atoms with Crippen molar-refractivity contribution >= 4 is 5.97 Å². The molecule has 1 saturated heterocycles. The van der Waals surface area contributed by atoms with Crippen LogP contribution in [0.1, 0.15) is 12.8 Å². The lowest BCUT2D eigenvalue weighted by atomic mass is 9.93. The first-order valence-corrected chi connectivity index (χ1v) is 4.17. The zero-order chi connectivity index (χ0) is 8.55. The van der Waals surface area contributed by atoms with Crippen molar-refractivity contribution in [2.75, 3.05) is 6.54 Å². The number of carboxylic acids is 1. The summed E-state index contributed by atoms with van der Waals surface area (Å²) < 4.78 is 0. The smallest absolute Gasteiger partial charge is 0.337 e. The van der Waals surface area contributed by atoms with Crippen molar-refractivity contribution in [3.8, 4) is 0 Å². The average molecular weight is 165 g/mol. The van der Waals surface area contributed by atoms with Crippen molar-refractivity contribution in [3.05, 3.63) is 23.4 Å². The molecule has 1 unspecified atom stereocenters. The van der Waals surface area contributed by atoms with Gasteiger partial charge in [0.05, 0.1) is 5.57 Å². The van der Waals surface area contributed by atoms with Crippen LogP contribution in [0.3, 0.4) is 0 Å². The molecule has 0 saturated carbocycles. The molecule has 1 aliphatic heterocycles. The number of carboxylic acid groups (broad SMARTS) is 1. The molecular weight excluding hydrogens is 154 g/mol. The highest BCUT2D eigenvalue weighted by Gasteiger charge is 2.27. The second-order valence-corrected chi connectivity index (χ2v) is 3.18. The van der Waals surface area contributed by atoms with Gasteiger partial charge in [0.25, 0.3) is 0 Å². The molecule has 12 heavy (non-hydrogen) atoms. The number of fused-ring (bicyclic) bond motifs is 1. The second-order valence-electron chi connectivity index (χ2n) is 3.18. The van der Waals surface area contributed by atoms with Crippen molar-refractivity contribution in [1.82, 2.24) is 5.32 Å². The van der Waals surface area contributed by atoms with Gasteiger partial charge >= 0.3 is 5.97 Å². The fourth-order valence-electron chi connectivity index (χ4n) is 1.85. The van der Waals surface area contributed by atoms with E-state index >= 15 is 0 Å². The average Bonchev–Trinajstić information content (AvgIpc) is 2.49. The van der Waals surface area contributed by atoms with E-state index in [0.717, 1.165) is 25.1 Å². The van der Waals surface area contributed by atoms with Gasteiger partial charge in [-0.25, -0.2) is 4.79 Å². The molecule has 0 amide bonds. The SMILES string of the molecule is O=C(O)C1=C2NCCC2CC=C1. The predicted molar refractivity (Wildman–Crippen MR) is 44.5 cm³/mol. The Labute approximate surface area is 70.8 Å². The molecule has 0 radical (unpaired) electrons. The van der Waals surface area contributed by atoms with Gasteiger partial charge in [-0.2, -0.15) is 0 Å². The molecule has 2 N–H and O–H groups in total. The van der Waals surface area contributed by atoms with Crippen LogP contribution in [0.25, 0.3) is 0 Å². The summed E-state index contributed by atoms with van der Waals surface area (Å²) >= 11 is 0. The van der Waals surface area contributed by atoms with E-state index in [-0.39, 0.29) is 0 Å². The minimum absolute atomic E-state index is 0.432. The molecule has 1 aliphatic carbocycles. The number of allylic oxidation sites excluding steroid dienone is 2. The Balaban J connectivity index is 2.38. The topological polar surface area (TPSA) is 49.3 Å². The van der Waals surface area contributed by atoms with Gasteiger partial charge in [0, 0.05) is 18.2 Å². The lowest BCUT2D eigenvalue weighted by Gasteiger charge is -2.15. The molecular formula is C9H11NO2. The first kappa shape index (κ1) is 7.40. The Hall–Kier alpha value is -1.25. The number of hydrogen-bond acceptors (Lipinski definition) is 2. The summed E-state index contributed by atoms with van der Waals surface area (Å²) in [6, 6.07) is 0. The van der Waals surface area contributed by atoms with Crippen LogP contribution >= 0.6 is 0 Å². The third-order valence-corrected chi connectivity index (χ3v) is 2.44. The molecule has 1 fully saturated rings. The first-order chi connectivity index (χ1) is 5.79. The highest BCUT2D eigenvalue weighted by atomic mass is 16.4. The minimum Gasteiger partial charge on any atom is -0.478 e. The van der Waals surface area contributed by atoms with Crippen molar-refractivity contribution < 1.29 is 9.90 Å². The number of hydrogen-bond donors (Lipinski definition) is 2. The molecule has 0 aromatic rings. The lowest BCUT2D eigenvalue weighted by molar-refractivity contribution is -0.132. The maximum atomic E-state index is 10.7. The summed E-state index contributed by atoms with van der Waals surface area (Å²) in [5, 5.41) is 12.0. The van der Waals surface area contributed by atoms with E-state index in [2.05, 4.69) is 5.32 Å². The van der Waals surface area contributed by atoms with Crippen LogP contribution in [-0.2, 0) is 4.79 Å². The van der Waals surface area contributed by atoms with Crippen LogP contribution in [0, 0.1) is 5.92 Å². The van der Waals surface area contributed by atoms with Crippen LogP contribution in [0.5, 0.6) is 0 Å². The molecule has 1 heterocycles. The van der Waals surface area contributed by atoms with Gasteiger partial charge in [0.1, 0.15) is 0 Å². The summed E-state index contributed by atoms with van der Waals surface area (Å²) in [6.45, 7) is 0.915. The fourth-order valence-corrected chi connectivity index (χ4v) is 1.85. The Morgan fingerprint density at radius 1 is 1.67 bits per heavy atom. The quantitative estimate of drug-likeness (QED) is 0.606. The van der Waals surface area contributed by atoms with E-state index in [9.17, 15) is 4.79 Å². The van der Waals surface area contributed by atoms with E-state index < -0.39 is 5.97 Å². The molecule has 0 aromatic carbocycles. The molecule has 0 spiro atoms. The normalized spacial score (nSPS) is 26.8. The maximum Gasteiger partial charge on any atom is 0.337 e. The van der Waals surface area contributed by atoms with E-state index in [1.165, 1.54) is 0 Å². The molecule has 2 rings (SSSR count). The fraction of sp³-hybridized carbons (Fsp3) is 0.444. The largest absolute Gasteiger partial charge is 0.478 e. The highest BCUT2D eigenvalue weighted by Crippen LogP contribution is 2.29. The van der Waals surface area contributed by atoms with Crippen molar-refractivity contribution in [2.24, 2.45) is 5.92 Å². The summed E-state index contributed by atoms with van der Waals surface area (Å²) in [7, 11) is 0. The molecule has 1 atom stereocenters. The van der Waals surface area contributed by atoms with Crippen LogP contribution in [-0.4, -0.2) is 17.6 Å². The Bertz CT molecular complexity index is 278. The van der Waals surface area contributed by atoms with E-state index in [1.54, 1.807) is 6.08 Å². The Morgan fingerprint density at radius 3 is 3.25 bits per heavy atom. The number of carbonyl (C=O) groups is 1. The Morgan fingerprint density at radius 2 is 2.50 bits per heavy atom. The molecule has 3 nitrogen and oxygen atoms in total. The zero-order valence-electron chi connectivity index (χ0n) is 6.71. The summed E-state index contributed by atoms with van der Waals surface area (Å²) in [5.41, 5.74) is 1.38. The van der Waals surface area contributed by atoms with E-state index in [1.807, 2.05) is 6.08 Å². The monoisotopic (exact) mass is 165 g/mol. The number of aliphatic carboxylic acids is 1. The first-order valence-electron chi connectivity index (χ1n) is 4.17. The van der Waals surface area contributed by atoms with Gasteiger partial charge in [-0.05, 0) is 18.9 Å². The molecule has 0 bridgehead atoms. The van der Waals surface area contributed by atoms with Gasteiger partial charge < -0.3 is 10.4 Å². The molecule has 2 aliphatic rings. The summed E-state index contributed by atoms with van der Waals surface area (Å²) in [6.07, 6.45) is 5.70. The number of rotatable bonds is 1. The van der Waals surface area contributed by atoms with Crippen LogP contribution < -0.4 is 5.32 Å². The van der Waals surface area contributed by atoms with Crippen molar-refractivity contribution in [3.63, 3.8) is 0 Å². The molecule has 3 heteroatoms. The van der Waals surface area contributed by atoms with Crippen LogP contribution in [0.4, 0.5) is 0 Å². The highest BCUT2D eigenvalue weighted by molar-refractivity contribution is 5.91. The summed E-state index contributed by atoms with van der Waals surface area (Å²) in [4.78, 5) is 10.7. The van der Waals surface area contributed by atoms with Crippen molar-refractivity contribution in [2.45, 2.75) is 12.8 Å². The third kappa shape index (κ3) is 1.02. The van der Waals surface area contributed by atoms with Gasteiger partial charge in [-0.1, -0.05) is 6.08 Å². The second kappa shape index (κ2) is 2.66. The van der Waals surface area contributed by atoms with Crippen molar-refractivity contribution in [1.29, 1.82) is 0 Å². The Kier molecular flexibility index (Phi) is 1.64. The van der Waals surface area contributed by atoms with Crippen LogP contribution in [0.15, 0.2) is 23.4 Å². The van der Waals surface area contributed by atoms with Gasteiger partial charge in [0.15, 0.2) is 0 Å². The number of nitrogens with one attached hydrogen (secondary N) is 1. The molecule has 64 valence electrons. The summed E-state index contributed by atoms with van der Waals surface area (Å²) in [5.74, 6) is -0.388. The lowest BCUT2D eigenvalue weighted by Crippen LogP contribution is -2.16.